The van der Waals surface area contributed by atoms with Crippen LogP contribution in [0.2, 0.25) is 0 Å². The van der Waals surface area contributed by atoms with Gasteiger partial charge in [0.1, 0.15) is 5.82 Å². The minimum absolute atomic E-state index is 0.0779. The smallest absolute Gasteiger partial charge is 0.338 e. The van der Waals surface area contributed by atoms with E-state index in [1.165, 1.54) is 0 Å². The van der Waals surface area contributed by atoms with Crippen molar-refractivity contribution in [2.45, 2.75) is 19.8 Å². The Kier molecular flexibility index (Phi) is 5.57. The van der Waals surface area contributed by atoms with Gasteiger partial charge in [-0.15, -0.1) is 0 Å². The van der Waals surface area contributed by atoms with Crippen LogP contribution in [-0.2, 0) is 0 Å². The van der Waals surface area contributed by atoms with Gasteiger partial charge >= 0.3 is 5.97 Å². The van der Waals surface area contributed by atoms with E-state index < -0.39 is 17.3 Å². The lowest BCUT2D eigenvalue weighted by Gasteiger charge is -2.25. The third kappa shape index (κ3) is 3.82. The van der Waals surface area contributed by atoms with E-state index in [-0.39, 0.29) is 12.3 Å². The van der Waals surface area contributed by atoms with Crippen molar-refractivity contribution in [1.29, 1.82) is 0 Å². The molecule has 19 heavy (non-hydrogen) atoms. The molecule has 0 unspecified atom stereocenters. The van der Waals surface area contributed by atoms with Crippen LogP contribution < -0.4 is 10.6 Å². The summed E-state index contributed by atoms with van der Waals surface area (Å²) in [6.45, 7) is 2.91. The number of benzene rings is 1. The Hall–Kier alpha value is -1.82. The van der Waals surface area contributed by atoms with Gasteiger partial charge < -0.3 is 20.8 Å². The van der Waals surface area contributed by atoms with E-state index in [4.69, 9.17) is 15.9 Å². The van der Waals surface area contributed by atoms with Crippen LogP contribution in [0, 0.1) is 5.82 Å². The van der Waals surface area contributed by atoms with Gasteiger partial charge in [0.25, 0.3) is 0 Å². The monoisotopic (exact) mass is 270 g/mol. The maximum absolute atomic E-state index is 13.7. The molecule has 1 rings (SSSR count). The lowest BCUT2D eigenvalue weighted by molar-refractivity contribution is 0.0692. The third-order valence-corrected chi connectivity index (χ3v) is 2.84. The van der Waals surface area contributed by atoms with Crippen molar-refractivity contribution < 1.29 is 19.4 Å². The van der Waals surface area contributed by atoms with Crippen molar-refractivity contribution in [2.75, 3.05) is 30.3 Å². The molecular formula is C13H19FN2O3. The maximum Gasteiger partial charge on any atom is 0.338 e. The first-order valence-corrected chi connectivity index (χ1v) is 6.19. The number of hydrogen-bond acceptors (Lipinski definition) is 4. The molecular weight excluding hydrogens is 251 g/mol. The van der Waals surface area contributed by atoms with Gasteiger partial charge in [0, 0.05) is 19.2 Å². The quantitative estimate of drug-likeness (QED) is 0.656. The van der Waals surface area contributed by atoms with Crippen molar-refractivity contribution in [3.63, 3.8) is 0 Å². The summed E-state index contributed by atoms with van der Waals surface area (Å²) in [6, 6.07) is 2.23. The number of anilines is 2. The Balaban J connectivity index is 3.09. The predicted molar refractivity (Wildman–Crippen MR) is 72.0 cm³/mol. The Labute approximate surface area is 111 Å². The molecule has 0 aromatic heterocycles. The van der Waals surface area contributed by atoms with Crippen molar-refractivity contribution in [2.24, 2.45) is 0 Å². The Morgan fingerprint density at radius 3 is 2.63 bits per heavy atom. The van der Waals surface area contributed by atoms with Crippen LogP contribution in [0.3, 0.4) is 0 Å². The highest BCUT2D eigenvalue weighted by Crippen LogP contribution is 2.27. The average molecular weight is 270 g/mol. The van der Waals surface area contributed by atoms with Crippen LogP contribution in [0.1, 0.15) is 30.1 Å². The van der Waals surface area contributed by atoms with Crippen LogP contribution in [0.5, 0.6) is 0 Å². The molecule has 0 saturated carbocycles. The fourth-order valence-corrected chi connectivity index (χ4v) is 1.84. The number of aliphatic hydroxyl groups excluding tert-OH is 1. The summed E-state index contributed by atoms with van der Waals surface area (Å²) in [4.78, 5) is 12.6. The second-order valence-electron chi connectivity index (χ2n) is 4.26. The first kappa shape index (κ1) is 15.2. The molecule has 0 saturated heterocycles. The number of nitrogen functional groups attached to an aromatic ring is 1. The van der Waals surface area contributed by atoms with Gasteiger partial charge in [-0.25, -0.2) is 9.18 Å². The molecule has 0 aliphatic rings. The van der Waals surface area contributed by atoms with Gasteiger partial charge in [-0.05, 0) is 12.5 Å². The molecule has 1 aromatic carbocycles. The topological polar surface area (TPSA) is 86.8 Å². The number of carboxylic acids is 1. The number of nitrogens with two attached hydrogens (primary N) is 1. The zero-order chi connectivity index (χ0) is 14.4. The first-order chi connectivity index (χ1) is 9.01. The van der Waals surface area contributed by atoms with Crippen LogP contribution >= 0.6 is 0 Å². The summed E-state index contributed by atoms with van der Waals surface area (Å²) in [5.74, 6) is -2.17. The van der Waals surface area contributed by atoms with Crippen LogP contribution in [0.15, 0.2) is 12.1 Å². The number of nitrogens with zero attached hydrogens (tertiary/aromatic N) is 1. The molecule has 0 fully saturated rings. The van der Waals surface area contributed by atoms with Crippen molar-refractivity contribution >= 4 is 17.3 Å². The summed E-state index contributed by atoms with van der Waals surface area (Å²) < 4.78 is 13.7. The maximum atomic E-state index is 13.7. The Morgan fingerprint density at radius 2 is 2.11 bits per heavy atom. The first-order valence-electron chi connectivity index (χ1n) is 6.19. The van der Waals surface area contributed by atoms with Gasteiger partial charge in [-0.3, -0.25) is 0 Å². The van der Waals surface area contributed by atoms with E-state index in [2.05, 4.69) is 0 Å². The Morgan fingerprint density at radius 1 is 1.42 bits per heavy atom. The Bertz CT molecular complexity index is 452. The lowest BCUT2D eigenvalue weighted by atomic mass is 10.1. The molecule has 6 heteroatoms. The van der Waals surface area contributed by atoms with Crippen LogP contribution in [0.25, 0.3) is 0 Å². The minimum Gasteiger partial charge on any atom is -0.478 e. The molecule has 0 heterocycles. The number of hydrogen-bond donors (Lipinski definition) is 3. The number of aromatic carboxylic acids is 1. The molecule has 106 valence electrons. The van der Waals surface area contributed by atoms with E-state index in [0.29, 0.717) is 18.8 Å². The lowest BCUT2D eigenvalue weighted by Crippen LogP contribution is -2.28. The number of unbranched alkanes of at least 4 members (excludes halogenated alkanes) is 1. The molecule has 1 aromatic rings. The average Bonchev–Trinajstić information content (AvgIpc) is 2.36. The van der Waals surface area contributed by atoms with Gasteiger partial charge in [0.05, 0.1) is 23.5 Å². The summed E-state index contributed by atoms with van der Waals surface area (Å²) in [6.07, 6.45) is 1.83. The molecule has 0 aliphatic carbocycles. The number of halogens is 1. The number of aliphatic hydroxyl groups is 1. The standard InChI is InChI=1S/C13H19FN2O3/c1-2-3-4-16(5-6-17)12-8-10(14)9(13(18)19)7-11(12)15/h7-8,17H,2-6,15H2,1H3,(H,18,19). The van der Waals surface area contributed by atoms with E-state index in [0.717, 1.165) is 25.0 Å². The SMILES string of the molecule is CCCCN(CCO)c1cc(F)c(C(=O)O)cc1N. The van der Waals surface area contributed by atoms with Crippen molar-refractivity contribution in [3.8, 4) is 0 Å². The molecule has 5 nitrogen and oxygen atoms in total. The molecule has 4 N–H and O–H groups in total. The van der Waals surface area contributed by atoms with E-state index in [1.54, 1.807) is 4.90 Å². The van der Waals surface area contributed by atoms with Gasteiger partial charge in [0.15, 0.2) is 0 Å². The van der Waals surface area contributed by atoms with E-state index >= 15 is 0 Å². The predicted octanol–water partition coefficient (Wildman–Crippen LogP) is 1.70. The fraction of sp³-hybridized carbons (Fsp3) is 0.462. The van der Waals surface area contributed by atoms with Gasteiger partial charge in [0.2, 0.25) is 0 Å². The van der Waals surface area contributed by atoms with Crippen LogP contribution in [0.4, 0.5) is 15.8 Å². The third-order valence-electron chi connectivity index (χ3n) is 2.84. The normalized spacial score (nSPS) is 10.5. The summed E-state index contributed by atoms with van der Waals surface area (Å²) in [7, 11) is 0. The molecule has 0 atom stereocenters. The summed E-state index contributed by atoms with van der Waals surface area (Å²) in [5, 5.41) is 17.8. The van der Waals surface area contributed by atoms with Gasteiger partial charge in [-0.1, -0.05) is 13.3 Å². The molecule has 0 bridgehead atoms. The zero-order valence-electron chi connectivity index (χ0n) is 10.9. The fourth-order valence-electron chi connectivity index (χ4n) is 1.84. The van der Waals surface area contributed by atoms with Crippen LogP contribution in [-0.4, -0.2) is 35.9 Å². The highest BCUT2D eigenvalue weighted by atomic mass is 19.1. The number of rotatable bonds is 7. The summed E-state index contributed by atoms with van der Waals surface area (Å²) in [5.41, 5.74) is 5.95. The number of carboxylic acid groups (broad SMARTS) is 1. The van der Waals surface area contributed by atoms with Crippen molar-refractivity contribution in [1.82, 2.24) is 0 Å². The molecule has 0 amide bonds. The van der Waals surface area contributed by atoms with Crippen molar-refractivity contribution in [3.05, 3.63) is 23.5 Å². The van der Waals surface area contributed by atoms with E-state index in [9.17, 15) is 9.18 Å². The second-order valence-corrected chi connectivity index (χ2v) is 4.26. The van der Waals surface area contributed by atoms with E-state index in [1.807, 2.05) is 6.92 Å². The number of carbonyl (C=O) groups is 1. The minimum atomic E-state index is -1.35. The highest BCUT2D eigenvalue weighted by molar-refractivity contribution is 5.90. The molecule has 0 radical (unpaired) electrons. The molecule has 0 spiro atoms. The highest BCUT2D eigenvalue weighted by Gasteiger charge is 2.17. The molecule has 0 aliphatic heterocycles. The largest absolute Gasteiger partial charge is 0.478 e. The second kappa shape index (κ2) is 6.94. The zero-order valence-corrected chi connectivity index (χ0v) is 10.9. The summed E-state index contributed by atoms with van der Waals surface area (Å²) >= 11 is 0. The van der Waals surface area contributed by atoms with Gasteiger partial charge in [-0.2, -0.15) is 0 Å².